The third-order valence-electron chi connectivity index (χ3n) is 6.77. The molecule has 39 heavy (non-hydrogen) atoms. The van der Waals surface area contributed by atoms with Crippen molar-refractivity contribution in [2.45, 2.75) is 25.7 Å². The Labute approximate surface area is 225 Å². The molecule has 10 nitrogen and oxygen atoms in total. The molecule has 1 aliphatic rings. The Morgan fingerprint density at radius 2 is 1.69 bits per heavy atom. The van der Waals surface area contributed by atoms with Crippen molar-refractivity contribution in [1.29, 1.82) is 0 Å². The Morgan fingerprint density at radius 1 is 0.872 bits per heavy atom. The fourth-order valence-corrected chi connectivity index (χ4v) is 4.95. The zero-order chi connectivity index (χ0) is 26.8. The van der Waals surface area contributed by atoms with Crippen molar-refractivity contribution < 1.29 is 9.47 Å². The second kappa shape index (κ2) is 10.4. The molecule has 3 heterocycles. The first kappa shape index (κ1) is 24.4. The Hall–Kier alpha value is -4.99. The molecule has 1 aliphatic carbocycles. The van der Waals surface area contributed by atoms with E-state index in [9.17, 15) is 0 Å². The minimum absolute atomic E-state index is 0.107. The zero-order valence-corrected chi connectivity index (χ0v) is 21.8. The van der Waals surface area contributed by atoms with E-state index in [1.54, 1.807) is 18.7 Å². The van der Waals surface area contributed by atoms with Gasteiger partial charge in [-0.25, -0.2) is 15.0 Å². The molecular formula is C29H28N8O2. The Morgan fingerprint density at radius 3 is 2.38 bits per heavy atom. The smallest absolute Gasteiger partial charge is 0.233 e. The topological polar surface area (TPSA) is 125 Å². The van der Waals surface area contributed by atoms with E-state index in [-0.39, 0.29) is 11.9 Å². The van der Waals surface area contributed by atoms with Crippen molar-refractivity contribution in [3.8, 4) is 34.0 Å². The highest BCUT2D eigenvalue weighted by atomic mass is 16.5. The van der Waals surface area contributed by atoms with Crippen molar-refractivity contribution in [3.63, 3.8) is 0 Å². The van der Waals surface area contributed by atoms with Crippen molar-refractivity contribution in [1.82, 2.24) is 29.5 Å². The average molecular weight is 521 g/mol. The maximum atomic E-state index is 6.06. The van der Waals surface area contributed by atoms with Gasteiger partial charge >= 0.3 is 0 Å². The number of fused-ring (bicyclic) bond motifs is 1. The third-order valence-corrected chi connectivity index (χ3v) is 6.77. The lowest BCUT2D eigenvalue weighted by atomic mass is 9.92. The van der Waals surface area contributed by atoms with Gasteiger partial charge in [-0.2, -0.15) is 14.6 Å². The third kappa shape index (κ3) is 4.61. The van der Waals surface area contributed by atoms with Gasteiger partial charge in [0.1, 0.15) is 23.6 Å². The number of methoxy groups -OCH3 is 2. The number of ether oxygens (including phenoxy) is 2. The number of nitrogens with zero attached hydrogens (tertiary/aromatic N) is 6. The molecule has 0 saturated heterocycles. The van der Waals surface area contributed by atoms with Crippen molar-refractivity contribution in [2.24, 2.45) is 0 Å². The summed E-state index contributed by atoms with van der Waals surface area (Å²) in [6, 6.07) is 17.8. The molecule has 0 amide bonds. The fourth-order valence-electron chi connectivity index (χ4n) is 4.95. The van der Waals surface area contributed by atoms with Crippen LogP contribution < -0.4 is 20.5 Å². The first-order chi connectivity index (χ1) is 19.2. The van der Waals surface area contributed by atoms with Crippen LogP contribution in [0.2, 0.25) is 0 Å². The number of allylic oxidation sites excluding steroid dienone is 2. The second-order valence-corrected chi connectivity index (χ2v) is 9.17. The Kier molecular flexibility index (Phi) is 6.50. The van der Waals surface area contributed by atoms with Crippen LogP contribution in [0.4, 0.5) is 17.7 Å². The van der Waals surface area contributed by atoms with Crippen molar-refractivity contribution >= 4 is 28.9 Å². The molecule has 0 unspecified atom stereocenters. The maximum absolute atomic E-state index is 6.06. The molecule has 3 N–H and O–H groups in total. The minimum atomic E-state index is 0.107. The highest BCUT2D eigenvalue weighted by molar-refractivity contribution is 5.91. The quantitative estimate of drug-likeness (QED) is 0.284. The summed E-state index contributed by atoms with van der Waals surface area (Å²) in [7, 11) is 3.27. The van der Waals surface area contributed by atoms with Crippen LogP contribution in [0.25, 0.3) is 33.6 Å². The summed E-state index contributed by atoms with van der Waals surface area (Å²) in [4.78, 5) is 17.5. The molecule has 0 fully saturated rings. The van der Waals surface area contributed by atoms with Gasteiger partial charge < -0.3 is 20.5 Å². The van der Waals surface area contributed by atoms with E-state index < -0.39 is 0 Å². The lowest BCUT2D eigenvalue weighted by Gasteiger charge is -2.17. The van der Waals surface area contributed by atoms with Crippen molar-refractivity contribution in [2.75, 3.05) is 25.3 Å². The van der Waals surface area contributed by atoms with E-state index in [0.717, 1.165) is 47.4 Å². The van der Waals surface area contributed by atoms with E-state index in [1.807, 2.05) is 42.5 Å². The van der Waals surface area contributed by atoms with Crippen LogP contribution in [0.5, 0.6) is 11.6 Å². The van der Waals surface area contributed by atoms with Gasteiger partial charge in [0.25, 0.3) is 0 Å². The summed E-state index contributed by atoms with van der Waals surface area (Å²) in [6.07, 6.45) is 7.94. The molecule has 0 aliphatic heterocycles. The first-order valence-corrected chi connectivity index (χ1v) is 12.8. The van der Waals surface area contributed by atoms with Crippen LogP contribution in [0.3, 0.4) is 0 Å². The largest absolute Gasteiger partial charge is 0.497 e. The van der Waals surface area contributed by atoms with Crippen LogP contribution in [0.1, 0.15) is 31.2 Å². The number of benzene rings is 2. The number of nitrogens with two attached hydrogens (primary N) is 1. The molecule has 0 atom stereocenters. The predicted octanol–water partition coefficient (Wildman–Crippen LogP) is 5.55. The molecule has 0 saturated carbocycles. The first-order valence-electron chi connectivity index (χ1n) is 12.8. The monoisotopic (exact) mass is 520 g/mol. The highest BCUT2D eigenvalue weighted by Gasteiger charge is 2.27. The van der Waals surface area contributed by atoms with Gasteiger partial charge in [-0.1, -0.05) is 48.5 Å². The number of anilines is 3. The molecule has 5 aromatic rings. The van der Waals surface area contributed by atoms with Crippen LogP contribution in [0.15, 0.2) is 67.0 Å². The standard InChI is InChI=1S/C29H28N8O2/c1-38-21-15-13-19(14-16-21)23-25(34-29-32-17-31-28(30)35-29)33-26-22(18-9-5-3-6-10-18)24(20-11-7-4-8-12-20)36-37(26)27(23)39-2/h4,7-9,11-17H,3,5-6,10H2,1-2H3,(H3,30,31,32,33,34,35). The van der Waals surface area contributed by atoms with Gasteiger partial charge in [0.05, 0.1) is 25.3 Å². The number of aromatic nitrogens is 6. The molecule has 10 heteroatoms. The van der Waals surface area contributed by atoms with E-state index in [0.29, 0.717) is 22.9 Å². The fraction of sp³-hybridized carbons (Fsp3) is 0.207. The average Bonchev–Trinajstić information content (AvgIpc) is 3.36. The van der Waals surface area contributed by atoms with Crippen LogP contribution in [-0.4, -0.2) is 43.8 Å². The molecule has 0 radical (unpaired) electrons. The van der Waals surface area contributed by atoms with E-state index in [2.05, 4.69) is 38.5 Å². The van der Waals surface area contributed by atoms with Gasteiger partial charge in [-0.15, -0.1) is 0 Å². The summed E-state index contributed by atoms with van der Waals surface area (Å²) in [5.74, 6) is 2.15. The number of rotatable bonds is 7. The molecule has 196 valence electrons. The van der Waals surface area contributed by atoms with Crippen LogP contribution >= 0.6 is 0 Å². The van der Waals surface area contributed by atoms with Crippen molar-refractivity contribution in [3.05, 3.63) is 72.6 Å². The summed E-state index contributed by atoms with van der Waals surface area (Å²) in [6.45, 7) is 0. The van der Waals surface area contributed by atoms with E-state index in [4.69, 9.17) is 25.3 Å². The minimum Gasteiger partial charge on any atom is -0.497 e. The summed E-state index contributed by atoms with van der Waals surface area (Å²) >= 11 is 0. The molecular weight excluding hydrogens is 492 g/mol. The predicted molar refractivity (Wildman–Crippen MR) is 151 cm³/mol. The van der Waals surface area contributed by atoms with Gasteiger partial charge in [0, 0.05) is 5.56 Å². The molecule has 0 bridgehead atoms. The number of nitrogen functional groups attached to an aromatic ring is 1. The number of hydrogen-bond donors (Lipinski definition) is 2. The lowest BCUT2D eigenvalue weighted by molar-refractivity contribution is 0.387. The number of nitrogens with one attached hydrogen (secondary N) is 1. The summed E-state index contributed by atoms with van der Waals surface area (Å²) in [5, 5.41) is 8.35. The maximum Gasteiger partial charge on any atom is 0.233 e. The molecule has 2 aromatic carbocycles. The Balaban J connectivity index is 1.66. The lowest BCUT2D eigenvalue weighted by Crippen LogP contribution is -2.08. The van der Waals surface area contributed by atoms with Gasteiger partial charge in [-0.3, -0.25) is 0 Å². The number of hydrogen-bond acceptors (Lipinski definition) is 9. The molecule has 3 aromatic heterocycles. The second-order valence-electron chi connectivity index (χ2n) is 9.17. The summed E-state index contributed by atoms with van der Waals surface area (Å²) in [5.41, 5.74) is 12.2. The van der Waals surface area contributed by atoms with Crippen LogP contribution in [-0.2, 0) is 0 Å². The van der Waals surface area contributed by atoms with E-state index >= 15 is 0 Å². The van der Waals surface area contributed by atoms with Gasteiger partial charge in [0.15, 0.2) is 5.65 Å². The van der Waals surface area contributed by atoms with Crippen LogP contribution in [0, 0.1) is 0 Å². The SMILES string of the molecule is COc1ccc(-c2c(Nc3ncnc(N)n3)nc3c(C4=CCCCC4)c(-c4ccccc4)nn3c2OC)cc1. The van der Waals surface area contributed by atoms with E-state index in [1.165, 1.54) is 18.3 Å². The summed E-state index contributed by atoms with van der Waals surface area (Å²) < 4.78 is 13.2. The van der Waals surface area contributed by atoms with Gasteiger partial charge in [0.2, 0.25) is 17.8 Å². The van der Waals surface area contributed by atoms with Gasteiger partial charge in [-0.05, 0) is 49.0 Å². The highest BCUT2D eigenvalue weighted by Crippen LogP contribution is 2.43. The Bertz CT molecular complexity index is 1660. The molecule has 6 rings (SSSR count). The molecule has 0 spiro atoms. The zero-order valence-electron chi connectivity index (χ0n) is 21.8. The normalized spacial score (nSPS) is 13.2.